The smallest absolute Gasteiger partial charge is 0.413 e. The Kier molecular flexibility index (Phi) is 10.6. The predicted octanol–water partition coefficient (Wildman–Crippen LogP) is 6.37. The maximum atomic E-state index is 12.6. The van der Waals surface area contributed by atoms with Crippen molar-refractivity contribution in [3.05, 3.63) is 95.7 Å². The topological polar surface area (TPSA) is 159 Å². The molecule has 4 rings (SSSR count). The number of carbonyl (C=O) groups is 3. The fourth-order valence-corrected chi connectivity index (χ4v) is 4.72. The van der Waals surface area contributed by atoms with Crippen LogP contribution in [0.15, 0.2) is 79.0 Å². The highest BCUT2D eigenvalue weighted by Crippen LogP contribution is 2.28. The highest BCUT2D eigenvalue weighted by molar-refractivity contribution is 5.99. The lowest BCUT2D eigenvalue weighted by molar-refractivity contribution is -0.138. The van der Waals surface area contributed by atoms with Crippen LogP contribution in [0.5, 0.6) is 0 Å². The third-order valence-electron chi connectivity index (χ3n) is 6.97. The number of aryl methyl sites for hydroxylation is 1. The van der Waals surface area contributed by atoms with Crippen LogP contribution in [0.3, 0.4) is 0 Å². The number of carboxylic acid groups (broad SMARTS) is 1. The summed E-state index contributed by atoms with van der Waals surface area (Å²) in [4.78, 5) is 42.9. The largest absolute Gasteiger partial charge is 0.479 e. The molecule has 3 amide bonds. The number of carboxylic acids is 1. The number of carbonyl (C=O) groups excluding carboxylic acids is 2. The van der Waals surface area contributed by atoms with E-state index in [4.69, 9.17) is 10.5 Å². The van der Waals surface area contributed by atoms with Crippen molar-refractivity contribution in [1.82, 2.24) is 9.88 Å². The Morgan fingerprint density at radius 2 is 1.71 bits per heavy atom. The van der Waals surface area contributed by atoms with Gasteiger partial charge in [0.25, 0.3) is 0 Å². The summed E-state index contributed by atoms with van der Waals surface area (Å²) in [6.07, 6.45) is 2.42. The second-order valence-electron chi connectivity index (χ2n) is 11.7. The second-order valence-corrected chi connectivity index (χ2v) is 11.7. The summed E-state index contributed by atoms with van der Waals surface area (Å²) in [5, 5.41) is 20.1. The van der Waals surface area contributed by atoms with Gasteiger partial charge in [-0.15, -0.1) is 0 Å². The number of rotatable bonds is 11. The number of nitrogens with two attached hydrogens (primary N) is 1. The molecule has 11 heteroatoms. The van der Waals surface area contributed by atoms with Crippen LogP contribution in [-0.2, 0) is 22.5 Å². The van der Waals surface area contributed by atoms with Crippen LogP contribution in [0.4, 0.5) is 26.8 Å². The standard InChI is InChI=1S/C34H40N6O5/c1-34(2,3)45-33(44)39-30-28-15-14-27(20-25(28)16-17-36-30)37-29(31(41)42)24-12-10-22(11-13-24)8-6-18-40(4)32(43)38-26-9-5-7-23(19-26)21-35/h5,7,9-17,19-20,29,37H,6,8,18,21,35H2,1-4H3,(H,38,43)(H,41,42)(H,36,39,44). The summed E-state index contributed by atoms with van der Waals surface area (Å²) in [6, 6.07) is 20.8. The Bertz CT molecular complexity index is 1650. The van der Waals surface area contributed by atoms with E-state index in [0.717, 1.165) is 29.4 Å². The van der Waals surface area contributed by atoms with Crippen LogP contribution in [0.2, 0.25) is 0 Å². The number of ether oxygens (including phenoxy) is 1. The molecule has 0 aliphatic carbocycles. The van der Waals surface area contributed by atoms with Gasteiger partial charge in [-0.05, 0) is 92.1 Å². The number of aromatic nitrogens is 1. The molecule has 0 fully saturated rings. The molecule has 0 saturated carbocycles. The molecule has 0 spiro atoms. The molecule has 0 radical (unpaired) electrons. The van der Waals surface area contributed by atoms with Crippen LogP contribution < -0.4 is 21.7 Å². The zero-order chi connectivity index (χ0) is 32.6. The first-order valence-corrected chi connectivity index (χ1v) is 14.7. The molecule has 6 N–H and O–H groups in total. The lowest BCUT2D eigenvalue weighted by Gasteiger charge is -2.20. The number of pyridine rings is 1. The van der Waals surface area contributed by atoms with Crippen LogP contribution in [0, 0.1) is 0 Å². The summed E-state index contributed by atoms with van der Waals surface area (Å²) in [5.74, 6) is -0.669. The molecular formula is C34H40N6O5. The number of urea groups is 1. The number of aliphatic carboxylic acids is 1. The Hall–Kier alpha value is -5.16. The number of benzene rings is 3. The average molecular weight is 613 g/mol. The Labute approximate surface area is 262 Å². The van der Waals surface area contributed by atoms with Crippen LogP contribution in [0.25, 0.3) is 10.8 Å². The van der Waals surface area contributed by atoms with Gasteiger partial charge in [0, 0.05) is 43.1 Å². The molecule has 3 aromatic carbocycles. The normalized spacial score (nSPS) is 11.8. The summed E-state index contributed by atoms with van der Waals surface area (Å²) in [5.41, 5.74) is 8.92. The van der Waals surface area contributed by atoms with E-state index in [2.05, 4.69) is 20.9 Å². The lowest BCUT2D eigenvalue weighted by atomic mass is 10.0. The van der Waals surface area contributed by atoms with Crippen LogP contribution >= 0.6 is 0 Å². The number of hydrogen-bond donors (Lipinski definition) is 5. The third-order valence-corrected chi connectivity index (χ3v) is 6.97. The molecule has 45 heavy (non-hydrogen) atoms. The summed E-state index contributed by atoms with van der Waals surface area (Å²) < 4.78 is 5.33. The molecule has 0 saturated heterocycles. The van der Waals surface area contributed by atoms with Gasteiger partial charge in [-0.25, -0.2) is 19.4 Å². The Balaban J connectivity index is 1.34. The maximum Gasteiger partial charge on any atom is 0.413 e. The summed E-state index contributed by atoms with van der Waals surface area (Å²) >= 11 is 0. The lowest BCUT2D eigenvalue weighted by Crippen LogP contribution is -2.32. The van der Waals surface area contributed by atoms with Crippen molar-refractivity contribution in [3.63, 3.8) is 0 Å². The molecule has 236 valence electrons. The Morgan fingerprint density at radius 1 is 0.956 bits per heavy atom. The quantitative estimate of drug-likeness (QED) is 0.131. The summed E-state index contributed by atoms with van der Waals surface area (Å²) in [7, 11) is 1.75. The van der Waals surface area contributed by atoms with Gasteiger partial charge in [-0.3, -0.25) is 5.32 Å². The van der Waals surface area contributed by atoms with E-state index < -0.39 is 23.7 Å². The van der Waals surface area contributed by atoms with E-state index in [1.165, 1.54) is 0 Å². The van der Waals surface area contributed by atoms with Crippen molar-refractivity contribution >= 4 is 46.1 Å². The predicted molar refractivity (Wildman–Crippen MR) is 176 cm³/mol. The first-order valence-electron chi connectivity index (χ1n) is 14.7. The van der Waals surface area contributed by atoms with Crippen molar-refractivity contribution < 1.29 is 24.2 Å². The first kappa shape index (κ1) is 32.7. The van der Waals surface area contributed by atoms with Gasteiger partial charge in [-0.1, -0.05) is 36.4 Å². The van der Waals surface area contributed by atoms with Crippen LogP contribution in [0.1, 0.15) is 49.9 Å². The molecular weight excluding hydrogens is 572 g/mol. The molecule has 1 heterocycles. The third kappa shape index (κ3) is 9.41. The van der Waals surface area contributed by atoms with E-state index >= 15 is 0 Å². The van der Waals surface area contributed by atoms with Crippen molar-refractivity contribution in [2.24, 2.45) is 5.73 Å². The van der Waals surface area contributed by atoms with Gasteiger partial charge in [0.1, 0.15) is 11.4 Å². The van der Waals surface area contributed by atoms with Gasteiger partial charge in [-0.2, -0.15) is 0 Å². The number of nitrogens with zero attached hydrogens (tertiary/aromatic N) is 2. The zero-order valence-corrected chi connectivity index (χ0v) is 26.0. The fraction of sp³-hybridized carbons (Fsp3) is 0.294. The zero-order valence-electron chi connectivity index (χ0n) is 26.0. The number of anilines is 3. The average Bonchev–Trinajstić information content (AvgIpc) is 2.99. The van der Waals surface area contributed by atoms with Crippen LogP contribution in [-0.4, -0.2) is 52.3 Å². The van der Waals surface area contributed by atoms with E-state index in [0.29, 0.717) is 41.2 Å². The highest BCUT2D eigenvalue weighted by Gasteiger charge is 2.21. The minimum absolute atomic E-state index is 0.199. The highest BCUT2D eigenvalue weighted by atomic mass is 16.6. The molecule has 1 aromatic heterocycles. The molecule has 4 aromatic rings. The van der Waals surface area contributed by atoms with E-state index in [-0.39, 0.29) is 6.03 Å². The SMILES string of the molecule is CN(CCCc1ccc(C(Nc2ccc3c(NC(=O)OC(C)(C)C)nccc3c2)C(=O)O)cc1)C(=O)Nc1cccc(CN)c1. The van der Waals surface area contributed by atoms with E-state index in [1.54, 1.807) is 69.2 Å². The van der Waals surface area contributed by atoms with Crippen molar-refractivity contribution in [2.75, 3.05) is 29.5 Å². The van der Waals surface area contributed by atoms with Gasteiger partial charge < -0.3 is 31.1 Å². The molecule has 11 nitrogen and oxygen atoms in total. The first-order chi connectivity index (χ1) is 21.4. The number of nitrogens with one attached hydrogen (secondary N) is 3. The minimum atomic E-state index is -1.02. The van der Waals surface area contributed by atoms with Crippen molar-refractivity contribution in [1.29, 1.82) is 0 Å². The second kappa shape index (κ2) is 14.5. The Morgan fingerprint density at radius 3 is 2.40 bits per heavy atom. The minimum Gasteiger partial charge on any atom is -0.479 e. The number of fused-ring (bicyclic) bond motifs is 1. The fourth-order valence-electron chi connectivity index (χ4n) is 4.72. The van der Waals surface area contributed by atoms with Crippen molar-refractivity contribution in [2.45, 2.75) is 51.8 Å². The van der Waals surface area contributed by atoms with Gasteiger partial charge in [0.05, 0.1) is 0 Å². The molecule has 1 unspecified atom stereocenters. The van der Waals surface area contributed by atoms with E-state index in [9.17, 15) is 19.5 Å². The van der Waals surface area contributed by atoms with Gasteiger partial charge in [0.15, 0.2) is 6.04 Å². The molecule has 0 aliphatic rings. The molecule has 0 bridgehead atoms. The summed E-state index contributed by atoms with van der Waals surface area (Å²) in [6.45, 7) is 6.29. The maximum absolute atomic E-state index is 12.6. The monoisotopic (exact) mass is 612 g/mol. The number of hydrogen-bond acceptors (Lipinski definition) is 7. The number of amides is 3. The van der Waals surface area contributed by atoms with Crippen molar-refractivity contribution in [3.8, 4) is 0 Å². The van der Waals surface area contributed by atoms with Gasteiger partial charge >= 0.3 is 18.1 Å². The molecule has 0 aliphatic heterocycles. The molecule has 1 atom stereocenters. The van der Waals surface area contributed by atoms with E-state index in [1.807, 2.05) is 42.5 Å². The van der Waals surface area contributed by atoms with Gasteiger partial charge in [0.2, 0.25) is 0 Å².